The summed E-state index contributed by atoms with van der Waals surface area (Å²) in [6, 6.07) is 16.8. The zero-order valence-electron chi connectivity index (χ0n) is 17.5. The number of carbonyl (C=O) groups is 3. The van der Waals surface area contributed by atoms with E-state index in [-0.39, 0.29) is 21.2 Å². The van der Waals surface area contributed by atoms with Gasteiger partial charge in [0, 0.05) is 43.5 Å². The van der Waals surface area contributed by atoms with E-state index in [9.17, 15) is 24.5 Å². The zero-order chi connectivity index (χ0) is 25.1. The molecule has 1 heterocycles. The lowest BCUT2D eigenvalue weighted by atomic mass is 10.2. The maximum Gasteiger partial charge on any atom is 0.270 e. The van der Waals surface area contributed by atoms with E-state index in [2.05, 4.69) is 32.1 Å². The number of nitrogens with zero attached hydrogens (tertiary/aromatic N) is 1. The van der Waals surface area contributed by atoms with Crippen molar-refractivity contribution in [2.45, 2.75) is 0 Å². The Labute approximate surface area is 215 Å². The normalized spacial score (nSPS) is 10.6. The Morgan fingerprint density at radius 1 is 0.857 bits per heavy atom. The zero-order valence-corrected chi connectivity index (χ0v) is 20.7. The number of rotatable bonds is 5. The van der Waals surface area contributed by atoms with Crippen molar-refractivity contribution >= 4 is 78.1 Å². The number of benzene rings is 3. The molecule has 12 heteroatoms. The number of hydrogen-bond donors (Lipinski definition) is 3. The minimum atomic E-state index is -0.539. The smallest absolute Gasteiger partial charge is 0.270 e. The van der Waals surface area contributed by atoms with Gasteiger partial charge in [-0.15, -0.1) is 11.3 Å². The Morgan fingerprint density at radius 2 is 1.43 bits per heavy atom. The van der Waals surface area contributed by atoms with Gasteiger partial charge in [0.25, 0.3) is 23.4 Å². The summed E-state index contributed by atoms with van der Waals surface area (Å²) in [6.07, 6.45) is 0. The van der Waals surface area contributed by atoms with E-state index in [0.717, 1.165) is 15.8 Å². The second-order valence-electron chi connectivity index (χ2n) is 7.13. The number of hydrogen-bond acceptors (Lipinski definition) is 6. The lowest BCUT2D eigenvalue weighted by Crippen LogP contribution is -2.41. The summed E-state index contributed by atoms with van der Waals surface area (Å²) >= 11 is 10.6. The predicted molar refractivity (Wildman–Crippen MR) is 137 cm³/mol. The number of amides is 3. The molecule has 9 nitrogen and oxygen atoms in total. The van der Waals surface area contributed by atoms with Crippen molar-refractivity contribution in [3.63, 3.8) is 0 Å². The van der Waals surface area contributed by atoms with E-state index >= 15 is 0 Å². The van der Waals surface area contributed by atoms with E-state index < -0.39 is 22.6 Å². The Bertz CT molecular complexity index is 1470. The standard InChI is InChI=1S/C23H14BrClN4O5S/c24-14-5-1-12(2-6-14)21(30)27-28-22(31)13-3-7-15(8-4-13)26-23(32)20-19(25)17-10-9-16(29(33)34)11-18(17)35-20/h1-11H,(H,26,32)(H,27,30)(H,28,31). The molecule has 3 amide bonds. The fraction of sp³-hybridized carbons (Fsp3) is 0. The van der Waals surface area contributed by atoms with Gasteiger partial charge in [-0.2, -0.15) is 0 Å². The van der Waals surface area contributed by atoms with Crippen LogP contribution in [0.25, 0.3) is 10.1 Å². The van der Waals surface area contributed by atoms with Gasteiger partial charge in [-0.05, 0) is 54.6 Å². The third kappa shape index (κ3) is 5.48. The number of hydrazine groups is 1. The molecule has 0 saturated heterocycles. The predicted octanol–water partition coefficient (Wildman–Crippen LogP) is 5.55. The second-order valence-corrected chi connectivity index (χ2v) is 9.48. The molecule has 0 aliphatic carbocycles. The van der Waals surface area contributed by atoms with Gasteiger partial charge in [-0.3, -0.25) is 35.3 Å². The average molecular weight is 574 g/mol. The van der Waals surface area contributed by atoms with Gasteiger partial charge in [0.05, 0.1) is 9.95 Å². The number of nitrogens with one attached hydrogen (secondary N) is 3. The summed E-state index contributed by atoms with van der Waals surface area (Å²) in [6.45, 7) is 0. The number of carbonyl (C=O) groups excluding carboxylic acids is 3. The van der Waals surface area contributed by atoms with Gasteiger partial charge in [0.1, 0.15) is 4.88 Å². The third-order valence-electron chi connectivity index (χ3n) is 4.83. The van der Waals surface area contributed by atoms with Crippen molar-refractivity contribution in [3.8, 4) is 0 Å². The summed E-state index contributed by atoms with van der Waals surface area (Å²) in [5, 5.41) is 14.4. The van der Waals surface area contributed by atoms with Crippen molar-refractivity contribution < 1.29 is 19.3 Å². The van der Waals surface area contributed by atoms with Crippen LogP contribution in [0.5, 0.6) is 0 Å². The molecule has 3 aromatic carbocycles. The molecule has 0 aliphatic rings. The number of non-ortho nitro benzene ring substituents is 1. The Hall–Kier alpha value is -3.80. The van der Waals surface area contributed by atoms with Crippen LogP contribution in [0.15, 0.2) is 71.2 Å². The topological polar surface area (TPSA) is 130 Å². The van der Waals surface area contributed by atoms with Crippen LogP contribution < -0.4 is 16.2 Å². The van der Waals surface area contributed by atoms with Crippen molar-refractivity contribution in [3.05, 3.63) is 102 Å². The van der Waals surface area contributed by atoms with Crippen LogP contribution in [-0.4, -0.2) is 22.6 Å². The average Bonchev–Trinajstić information content (AvgIpc) is 3.19. The van der Waals surface area contributed by atoms with Crippen LogP contribution in [0, 0.1) is 10.1 Å². The van der Waals surface area contributed by atoms with Crippen LogP contribution in [0.4, 0.5) is 11.4 Å². The Balaban J connectivity index is 1.39. The molecule has 0 radical (unpaired) electrons. The quantitative estimate of drug-likeness (QED) is 0.213. The van der Waals surface area contributed by atoms with Gasteiger partial charge in [-0.25, -0.2) is 0 Å². The first kappa shape index (κ1) is 24.3. The van der Waals surface area contributed by atoms with Crippen molar-refractivity contribution in [1.29, 1.82) is 0 Å². The summed E-state index contributed by atoms with van der Waals surface area (Å²) in [4.78, 5) is 47.8. The van der Waals surface area contributed by atoms with Crippen LogP contribution in [0.3, 0.4) is 0 Å². The number of fused-ring (bicyclic) bond motifs is 1. The number of anilines is 1. The Morgan fingerprint density at radius 3 is 2.00 bits per heavy atom. The van der Waals surface area contributed by atoms with E-state index in [1.54, 1.807) is 24.3 Å². The second kappa shape index (κ2) is 10.2. The first-order chi connectivity index (χ1) is 16.7. The van der Waals surface area contributed by atoms with Crippen molar-refractivity contribution in [2.75, 3.05) is 5.32 Å². The molecular weight excluding hydrogens is 560 g/mol. The molecule has 1 aromatic heterocycles. The third-order valence-corrected chi connectivity index (χ3v) is 7.02. The highest BCUT2D eigenvalue weighted by atomic mass is 79.9. The van der Waals surface area contributed by atoms with Crippen molar-refractivity contribution in [1.82, 2.24) is 10.9 Å². The minimum Gasteiger partial charge on any atom is -0.321 e. The SMILES string of the molecule is O=C(NNC(=O)c1ccc(NC(=O)c2sc3cc([N+](=O)[O-])ccc3c2Cl)cc1)c1ccc(Br)cc1. The molecule has 4 rings (SSSR count). The van der Waals surface area contributed by atoms with Gasteiger partial charge < -0.3 is 5.32 Å². The highest BCUT2D eigenvalue weighted by molar-refractivity contribution is 9.10. The molecule has 0 atom stereocenters. The monoisotopic (exact) mass is 572 g/mol. The van der Waals surface area contributed by atoms with Crippen molar-refractivity contribution in [2.24, 2.45) is 0 Å². The van der Waals surface area contributed by atoms with Gasteiger partial charge in [-0.1, -0.05) is 27.5 Å². The highest BCUT2D eigenvalue weighted by Crippen LogP contribution is 2.37. The van der Waals surface area contributed by atoms with Crippen LogP contribution in [-0.2, 0) is 0 Å². The first-order valence-corrected chi connectivity index (χ1v) is 11.9. The largest absolute Gasteiger partial charge is 0.321 e. The number of thiophene rings is 1. The van der Waals surface area contributed by atoms with E-state index in [0.29, 0.717) is 21.3 Å². The summed E-state index contributed by atoms with van der Waals surface area (Å²) in [5.74, 6) is -1.50. The molecule has 0 bridgehead atoms. The number of halogens is 2. The fourth-order valence-corrected chi connectivity index (χ4v) is 4.78. The molecule has 35 heavy (non-hydrogen) atoms. The van der Waals surface area contributed by atoms with E-state index in [4.69, 9.17) is 11.6 Å². The minimum absolute atomic E-state index is 0.0933. The molecule has 3 N–H and O–H groups in total. The maximum atomic E-state index is 12.7. The maximum absolute atomic E-state index is 12.7. The van der Waals surface area contributed by atoms with Gasteiger partial charge >= 0.3 is 0 Å². The fourth-order valence-electron chi connectivity index (χ4n) is 3.07. The molecule has 4 aromatic rings. The first-order valence-electron chi connectivity index (χ1n) is 9.87. The lowest BCUT2D eigenvalue weighted by molar-refractivity contribution is -0.384. The molecule has 0 saturated carbocycles. The van der Waals surface area contributed by atoms with Crippen LogP contribution in [0.1, 0.15) is 30.4 Å². The van der Waals surface area contributed by atoms with E-state index in [1.165, 1.54) is 42.5 Å². The highest BCUT2D eigenvalue weighted by Gasteiger charge is 2.19. The summed E-state index contributed by atoms with van der Waals surface area (Å²) < 4.78 is 1.34. The van der Waals surface area contributed by atoms with Gasteiger partial charge in [0.15, 0.2) is 0 Å². The molecule has 176 valence electrons. The lowest BCUT2D eigenvalue weighted by Gasteiger charge is -2.09. The van der Waals surface area contributed by atoms with E-state index in [1.807, 2.05) is 0 Å². The number of nitro benzene ring substituents is 1. The van der Waals surface area contributed by atoms with Crippen LogP contribution in [0.2, 0.25) is 5.02 Å². The van der Waals surface area contributed by atoms with Gasteiger partial charge in [0.2, 0.25) is 0 Å². The Kier molecular flexibility index (Phi) is 7.10. The molecule has 0 fully saturated rings. The molecular formula is C23H14BrClN4O5S. The number of nitro groups is 1. The molecule has 0 unspecified atom stereocenters. The summed E-state index contributed by atoms with van der Waals surface area (Å²) in [7, 11) is 0. The molecule has 0 aliphatic heterocycles. The molecule has 0 spiro atoms. The van der Waals surface area contributed by atoms with Crippen LogP contribution >= 0.6 is 38.9 Å². The summed E-state index contributed by atoms with van der Waals surface area (Å²) in [5.41, 5.74) is 5.61.